The van der Waals surface area contributed by atoms with Crippen LogP contribution in [-0.4, -0.2) is 25.4 Å². The van der Waals surface area contributed by atoms with Crippen molar-refractivity contribution in [2.24, 2.45) is 0 Å². The highest BCUT2D eigenvalue weighted by Gasteiger charge is 2.20. The molecule has 7 nitrogen and oxygen atoms in total. The summed E-state index contributed by atoms with van der Waals surface area (Å²) < 4.78 is 24.4. The summed E-state index contributed by atoms with van der Waals surface area (Å²) in [6.45, 7) is 2.71. The second-order valence-electron chi connectivity index (χ2n) is 7.79. The van der Waals surface area contributed by atoms with Crippen molar-refractivity contribution in [2.45, 2.75) is 26.4 Å². The molecule has 0 saturated heterocycles. The molecule has 3 heterocycles. The highest BCUT2D eigenvalue weighted by molar-refractivity contribution is 7.17. The van der Waals surface area contributed by atoms with Crippen molar-refractivity contribution in [1.82, 2.24) is 18.7 Å². The van der Waals surface area contributed by atoms with E-state index in [1.807, 2.05) is 31.2 Å². The summed E-state index contributed by atoms with van der Waals surface area (Å²) in [5, 5.41) is 6.38. The third-order valence-electron chi connectivity index (χ3n) is 5.49. The third kappa shape index (κ3) is 3.91. The molecule has 0 spiro atoms. The Bertz CT molecular complexity index is 1600. The van der Waals surface area contributed by atoms with Gasteiger partial charge < -0.3 is 4.74 Å². The minimum atomic E-state index is -0.528. The van der Waals surface area contributed by atoms with E-state index in [4.69, 9.17) is 16.3 Å². The molecule has 3 aromatic heterocycles. The number of hydrogen-bond acceptors (Lipinski definition) is 5. The fourth-order valence-electron chi connectivity index (χ4n) is 3.81. The minimum absolute atomic E-state index is 0.157. The van der Waals surface area contributed by atoms with Gasteiger partial charge in [-0.15, -0.1) is 16.4 Å². The molecule has 0 aliphatic carbocycles. The second kappa shape index (κ2) is 9.08. The van der Waals surface area contributed by atoms with Crippen LogP contribution in [0.2, 0.25) is 5.02 Å². The van der Waals surface area contributed by atoms with Gasteiger partial charge >= 0.3 is 5.69 Å². The van der Waals surface area contributed by atoms with Crippen LogP contribution in [0, 0.1) is 5.82 Å². The second-order valence-corrected chi connectivity index (χ2v) is 9.12. The van der Waals surface area contributed by atoms with Crippen molar-refractivity contribution in [3.8, 4) is 5.75 Å². The maximum atomic E-state index is 14.4. The van der Waals surface area contributed by atoms with E-state index in [0.29, 0.717) is 16.8 Å². The summed E-state index contributed by atoms with van der Waals surface area (Å²) in [5.74, 6) is 0.402. The number of ether oxygens (including phenoxy) is 1. The number of rotatable bonds is 7. The Labute approximate surface area is 202 Å². The Balaban J connectivity index is 1.63. The van der Waals surface area contributed by atoms with Crippen LogP contribution >= 0.6 is 22.9 Å². The maximum absolute atomic E-state index is 14.4. The number of benzene rings is 2. The van der Waals surface area contributed by atoms with E-state index in [1.165, 1.54) is 32.4 Å². The van der Waals surface area contributed by atoms with Crippen LogP contribution in [0.1, 0.15) is 24.5 Å². The van der Waals surface area contributed by atoms with Gasteiger partial charge in [0, 0.05) is 10.6 Å². The summed E-state index contributed by atoms with van der Waals surface area (Å²) in [7, 11) is 0. The molecule has 34 heavy (non-hydrogen) atoms. The lowest BCUT2D eigenvalue weighted by Gasteiger charge is -2.09. The number of nitrogens with zero attached hydrogens (tertiary/aromatic N) is 4. The first-order valence-corrected chi connectivity index (χ1v) is 12.0. The van der Waals surface area contributed by atoms with Gasteiger partial charge in [-0.1, -0.05) is 36.7 Å². The summed E-state index contributed by atoms with van der Waals surface area (Å²) in [5.41, 5.74) is 0.760. The molecule has 0 aliphatic heterocycles. The summed E-state index contributed by atoms with van der Waals surface area (Å²) in [6.07, 6.45) is 0.908. The van der Waals surface area contributed by atoms with Gasteiger partial charge in [0.1, 0.15) is 16.3 Å². The smallest absolute Gasteiger partial charge is 0.352 e. The summed E-state index contributed by atoms with van der Waals surface area (Å²) >= 11 is 7.42. The Morgan fingerprint density at radius 2 is 1.88 bits per heavy atom. The molecule has 0 atom stereocenters. The van der Waals surface area contributed by atoms with Gasteiger partial charge in [-0.05, 0) is 47.7 Å². The highest BCUT2D eigenvalue weighted by Crippen LogP contribution is 2.21. The fraction of sp³-hybridized carbons (Fsp3) is 0.208. The molecule has 5 rings (SSSR count). The molecule has 2 aromatic carbocycles. The first-order chi connectivity index (χ1) is 16.5. The van der Waals surface area contributed by atoms with Crippen LogP contribution in [0.15, 0.2) is 63.5 Å². The summed E-state index contributed by atoms with van der Waals surface area (Å²) in [4.78, 5) is 26.6. The van der Waals surface area contributed by atoms with Gasteiger partial charge in [0.2, 0.25) is 5.78 Å². The molecule has 174 valence electrons. The molecule has 10 heteroatoms. The van der Waals surface area contributed by atoms with Crippen molar-refractivity contribution in [3.63, 3.8) is 0 Å². The zero-order valence-electron chi connectivity index (χ0n) is 18.2. The number of halogens is 2. The SMILES string of the molecule is CCCOc1ccc(Cn2c(=O)c3sccc3n3c(=O)n(Cc4c(F)cccc4Cl)nc23)cc1. The number of fused-ring (bicyclic) bond motifs is 3. The van der Waals surface area contributed by atoms with Crippen molar-refractivity contribution in [2.75, 3.05) is 6.61 Å². The van der Waals surface area contributed by atoms with Gasteiger partial charge in [0.25, 0.3) is 5.56 Å². The molecule has 5 aromatic rings. The van der Waals surface area contributed by atoms with Crippen LogP contribution in [0.25, 0.3) is 16.0 Å². The predicted molar refractivity (Wildman–Crippen MR) is 131 cm³/mol. The first kappa shape index (κ1) is 22.4. The zero-order chi connectivity index (χ0) is 23.8. The molecule has 0 N–H and O–H groups in total. The zero-order valence-corrected chi connectivity index (χ0v) is 19.8. The molecular formula is C24H20ClFN4O3S. The molecule has 0 saturated carbocycles. The summed E-state index contributed by atoms with van der Waals surface area (Å²) in [6, 6.07) is 13.5. The van der Waals surface area contributed by atoms with Crippen LogP contribution in [0.4, 0.5) is 4.39 Å². The largest absolute Gasteiger partial charge is 0.494 e. The van der Waals surface area contributed by atoms with E-state index in [-0.39, 0.29) is 35.0 Å². The lowest BCUT2D eigenvalue weighted by atomic mass is 10.2. The van der Waals surface area contributed by atoms with E-state index in [2.05, 4.69) is 5.10 Å². The van der Waals surface area contributed by atoms with Crippen molar-refractivity contribution < 1.29 is 9.13 Å². The van der Waals surface area contributed by atoms with Crippen LogP contribution in [-0.2, 0) is 13.1 Å². The van der Waals surface area contributed by atoms with Crippen molar-refractivity contribution in [3.05, 3.63) is 96.7 Å². The maximum Gasteiger partial charge on any atom is 0.352 e. The molecule has 0 amide bonds. The van der Waals surface area contributed by atoms with Crippen molar-refractivity contribution >= 4 is 38.9 Å². The predicted octanol–water partition coefficient (Wildman–Crippen LogP) is 4.55. The molecule has 0 radical (unpaired) electrons. The fourth-order valence-corrected chi connectivity index (χ4v) is 4.85. The van der Waals surface area contributed by atoms with Crippen molar-refractivity contribution in [1.29, 1.82) is 0 Å². The standard InChI is InChI=1S/C24H20ClFN4O3S/c1-2-11-33-16-8-6-15(7-9-16)13-28-22(31)21-20(10-12-34-21)30-23(28)27-29(24(30)32)14-17-18(25)4-3-5-19(17)26/h3-10,12H,2,11,13-14H2,1H3. The average molecular weight is 499 g/mol. The normalized spacial score (nSPS) is 11.5. The van der Waals surface area contributed by atoms with E-state index < -0.39 is 11.5 Å². The van der Waals surface area contributed by atoms with Gasteiger partial charge in [-0.3, -0.25) is 9.36 Å². The topological polar surface area (TPSA) is 70.5 Å². The lowest BCUT2D eigenvalue weighted by Crippen LogP contribution is -2.26. The Hall–Kier alpha value is -3.43. The van der Waals surface area contributed by atoms with Gasteiger partial charge in [-0.25, -0.2) is 18.3 Å². The molecule has 0 fully saturated rings. The van der Waals surface area contributed by atoms with Crippen LogP contribution in [0.3, 0.4) is 0 Å². The van der Waals surface area contributed by atoms with Crippen LogP contribution in [0.5, 0.6) is 5.75 Å². The Morgan fingerprint density at radius 1 is 1.09 bits per heavy atom. The number of aromatic nitrogens is 4. The molecular weight excluding hydrogens is 479 g/mol. The molecule has 0 unspecified atom stereocenters. The average Bonchev–Trinajstić information content (AvgIpc) is 3.43. The van der Waals surface area contributed by atoms with E-state index in [1.54, 1.807) is 17.5 Å². The highest BCUT2D eigenvalue weighted by atomic mass is 35.5. The number of thiophene rings is 1. The molecule has 0 aliphatic rings. The van der Waals surface area contributed by atoms with Gasteiger partial charge in [0.15, 0.2) is 0 Å². The van der Waals surface area contributed by atoms with Crippen LogP contribution < -0.4 is 16.0 Å². The minimum Gasteiger partial charge on any atom is -0.494 e. The Kier molecular flexibility index (Phi) is 5.97. The van der Waals surface area contributed by atoms with E-state index in [9.17, 15) is 14.0 Å². The Morgan fingerprint density at radius 3 is 2.62 bits per heavy atom. The third-order valence-corrected chi connectivity index (χ3v) is 6.74. The van der Waals surface area contributed by atoms with Gasteiger partial charge in [0.05, 0.1) is 25.2 Å². The number of hydrogen-bond donors (Lipinski definition) is 0. The first-order valence-electron chi connectivity index (χ1n) is 10.7. The van der Waals surface area contributed by atoms with E-state index in [0.717, 1.165) is 22.4 Å². The quantitative estimate of drug-likeness (QED) is 0.330. The van der Waals surface area contributed by atoms with E-state index >= 15 is 0 Å². The monoisotopic (exact) mass is 498 g/mol. The molecule has 0 bridgehead atoms. The lowest BCUT2D eigenvalue weighted by molar-refractivity contribution is 0.317. The van der Waals surface area contributed by atoms with Gasteiger partial charge in [-0.2, -0.15) is 0 Å².